The minimum absolute atomic E-state index is 0.136. The largest absolute Gasteiger partial charge is 0.364 e. The van der Waals surface area contributed by atoms with Crippen LogP contribution in [0.5, 0.6) is 0 Å². The Hall–Kier alpha value is -1.36. The molecule has 17 heavy (non-hydrogen) atoms. The second-order valence-corrected chi connectivity index (χ2v) is 5.02. The number of alkyl halides is 1. The summed E-state index contributed by atoms with van der Waals surface area (Å²) in [5.41, 5.74) is 0.749. The molecule has 0 aliphatic rings. The molecular formula is C11H16ClN5. The lowest BCUT2D eigenvalue weighted by atomic mass is 10.2. The number of aromatic nitrogens is 4. The minimum Gasteiger partial charge on any atom is -0.364 e. The molecule has 2 heterocycles. The van der Waals surface area contributed by atoms with Crippen molar-refractivity contribution in [2.24, 2.45) is 0 Å². The van der Waals surface area contributed by atoms with Crippen molar-refractivity contribution in [1.29, 1.82) is 0 Å². The number of fused-ring (bicyclic) bond motifs is 1. The zero-order valence-corrected chi connectivity index (χ0v) is 10.9. The van der Waals surface area contributed by atoms with Gasteiger partial charge in [0.1, 0.15) is 5.82 Å². The van der Waals surface area contributed by atoms with Gasteiger partial charge < -0.3 is 5.32 Å². The molecule has 0 saturated heterocycles. The highest BCUT2D eigenvalue weighted by molar-refractivity contribution is 6.20. The van der Waals surface area contributed by atoms with Gasteiger partial charge >= 0.3 is 0 Å². The van der Waals surface area contributed by atoms with Crippen molar-refractivity contribution in [3.8, 4) is 0 Å². The summed E-state index contributed by atoms with van der Waals surface area (Å²) in [4.78, 5) is 4.29. The van der Waals surface area contributed by atoms with E-state index in [4.69, 9.17) is 11.6 Å². The van der Waals surface area contributed by atoms with Crippen LogP contribution in [0.25, 0.3) is 5.65 Å². The van der Waals surface area contributed by atoms with Crippen LogP contribution >= 0.6 is 11.6 Å². The zero-order valence-electron chi connectivity index (χ0n) is 10.2. The maximum absolute atomic E-state index is 5.97. The Kier molecular flexibility index (Phi) is 3.47. The summed E-state index contributed by atoms with van der Waals surface area (Å²) in [6.45, 7) is 5.97. The smallest absolute Gasteiger partial charge is 0.203 e. The van der Waals surface area contributed by atoms with Crippen LogP contribution in [-0.2, 0) is 0 Å². The molecule has 2 aromatic heterocycles. The maximum atomic E-state index is 5.97. The predicted molar refractivity (Wildman–Crippen MR) is 68.5 cm³/mol. The normalized spacial score (nSPS) is 14.8. The Morgan fingerprint density at radius 2 is 2.18 bits per heavy atom. The van der Waals surface area contributed by atoms with Crippen LogP contribution < -0.4 is 5.32 Å². The van der Waals surface area contributed by atoms with E-state index in [9.17, 15) is 0 Å². The van der Waals surface area contributed by atoms with Crippen LogP contribution in [-0.4, -0.2) is 31.0 Å². The van der Waals surface area contributed by atoms with E-state index in [0.29, 0.717) is 0 Å². The van der Waals surface area contributed by atoms with Gasteiger partial charge in [0.15, 0.2) is 5.82 Å². The Labute approximate surface area is 105 Å². The lowest BCUT2D eigenvalue weighted by molar-refractivity contribution is 0.693. The monoisotopic (exact) mass is 253 g/mol. The van der Waals surface area contributed by atoms with E-state index in [1.165, 1.54) is 0 Å². The molecule has 2 atom stereocenters. The van der Waals surface area contributed by atoms with Crippen molar-refractivity contribution in [2.75, 3.05) is 5.32 Å². The number of hydrogen-bond acceptors (Lipinski definition) is 4. The van der Waals surface area contributed by atoms with Gasteiger partial charge in [-0.15, -0.1) is 21.8 Å². The summed E-state index contributed by atoms with van der Waals surface area (Å²) in [5.74, 6) is 1.60. The molecule has 92 valence electrons. The van der Waals surface area contributed by atoms with E-state index in [-0.39, 0.29) is 11.4 Å². The second kappa shape index (κ2) is 4.87. The first kappa shape index (κ1) is 12.1. The molecular weight excluding hydrogens is 238 g/mol. The number of nitrogens with one attached hydrogen (secondary N) is 1. The van der Waals surface area contributed by atoms with Gasteiger partial charge in [-0.05, 0) is 27.2 Å². The quantitative estimate of drug-likeness (QED) is 0.850. The summed E-state index contributed by atoms with van der Waals surface area (Å²) in [6.07, 6.45) is 4.46. The van der Waals surface area contributed by atoms with Crippen molar-refractivity contribution >= 4 is 23.1 Å². The highest BCUT2D eigenvalue weighted by Gasteiger charge is 2.11. The van der Waals surface area contributed by atoms with Crippen molar-refractivity contribution in [2.45, 2.75) is 38.6 Å². The molecule has 0 radical (unpaired) electrons. The number of halogens is 1. The molecule has 0 fully saturated rings. The molecule has 2 aromatic rings. The summed E-state index contributed by atoms with van der Waals surface area (Å²) < 4.78 is 1.91. The Balaban J connectivity index is 2.24. The number of aryl methyl sites for hydroxylation is 1. The van der Waals surface area contributed by atoms with Gasteiger partial charge in [-0.2, -0.15) is 0 Å². The predicted octanol–water partition coefficient (Wildman–Crippen LogP) is 2.25. The number of nitrogens with zero attached hydrogens (tertiary/aromatic N) is 4. The minimum atomic E-state index is 0.136. The molecule has 0 spiro atoms. The average Bonchev–Trinajstić information content (AvgIpc) is 2.61. The van der Waals surface area contributed by atoms with Crippen molar-refractivity contribution < 1.29 is 0 Å². The van der Waals surface area contributed by atoms with Crippen molar-refractivity contribution in [3.05, 3.63) is 18.2 Å². The Bertz CT molecular complexity index is 508. The van der Waals surface area contributed by atoms with Gasteiger partial charge in [0.2, 0.25) is 5.65 Å². The average molecular weight is 254 g/mol. The number of anilines is 1. The molecule has 0 saturated carbocycles. The molecule has 2 rings (SSSR count). The van der Waals surface area contributed by atoms with Crippen LogP contribution in [0.3, 0.4) is 0 Å². The molecule has 0 bridgehead atoms. The highest BCUT2D eigenvalue weighted by atomic mass is 35.5. The molecule has 0 aromatic carbocycles. The van der Waals surface area contributed by atoms with Crippen molar-refractivity contribution in [3.63, 3.8) is 0 Å². The van der Waals surface area contributed by atoms with Crippen LogP contribution in [0.1, 0.15) is 26.1 Å². The van der Waals surface area contributed by atoms with E-state index >= 15 is 0 Å². The third-order valence-electron chi connectivity index (χ3n) is 2.56. The van der Waals surface area contributed by atoms with Gasteiger partial charge in [0.05, 0.1) is 0 Å². The topological polar surface area (TPSA) is 55.1 Å². The summed E-state index contributed by atoms with van der Waals surface area (Å²) in [5, 5.41) is 11.6. The van der Waals surface area contributed by atoms with E-state index in [1.807, 2.05) is 24.4 Å². The highest BCUT2D eigenvalue weighted by Crippen LogP contribution is 2.15. The van der Waals surface area contributed by atoms with Gasteiger partial charge in [-0.1, -0.05) is 0 Å². The molecule has 0 aliphatic heterocycles. The van der Waals surface area contributed by atoms with Crippen LogP contribution in [0.4, 0.5) is 5.82 Å². The van der Waals surface area contributed by atoms with Crippen LogP contribution in [0.15, 0.2) is 12.4 Å². The van der Waals surface area contributed by atoms with E-state index in [1.54, 1.807) is 6.20 Å². The fraction of sp³-hybridized carbons (Fsp3) is 0.545. The summed E-state index contributed by atoms with van der Waals surface area (Å²) >= 11 is 5.97. The molecule has 5 nitrogen and oxygen atoms in total. The van der Waals surface area contributed by atoms with Crippen LogP contribution in [0.2, 0.25) is 0 Å². The maximum Gasteiger partial charge on any atom is 0.203 e. The molecule has 0 amide bonds. The third-order valence-corrected chi connectivity index (χ3v) is 2.74. The van der Waals surface area contributed by atoms with Gasteiger partial charge in [-0.3, -0.25) is 4.40 Å². The number of hydrogen-bond donors (Lipinski definition) is 1. The van der Waals surface area contributed by atoms with Gasteiger partial charge in [0, 0.05) is 23.8 Å². The molecule has 2 unspecified atom stereocenters. The van der Waals surface area contributed by atoms with E-state index in [2.05, 4.69) is 27.4 Å². The zero-order chi connectivity index (χ0) is 12.4. The lowest BCUT2D eigenvalue weighted by Crippen LogP contribution is -2.19. The molecule has 0 aliphatic carbocycles. The molecule has 6 heteroatoms. The standard InChI is InChI=1S/C11H16ClN5/c1-7(12)6-8(2)14-10-11-16-15-9(3)17(11)5-4-13-10/h4-5,7-8H,6H2,1-3H3,(H,13,14). The second-order valence-electron chi connectivity index (χ2n) is 4.28. The Morgan fingerprint density at radius 1 is 1.41 bits per heavy atom. The Morgan fingerprint density at radius 3 is 2.88 bits per heavy atom. The lowest BCUT2D eigenvalue weighted by Gasteiger charge is -2.15. The van der Waals surface area contributed by atoms with E-state index < -0.39 is 0 Å². The summed E-state index contributed by atoms with van der Waals surface area (Å²) in [6, 6.07) is 0.248. The van der Waals surface area contributed by atoms with Gasteiger partial charge in [0.25, 0.3) is 0 Å². The van der Waals surface area contributed by atoms with Gasteiger partial charge in [-0.25, -0.2) is 4.98 Å². The first-order chi connectivity index (χ1) is 8.08. The van der Waals surface area contributed by atoms with Crippen molar-refractivity contribution in [1.82, 2.24) is 19.6 Å². The SMILES string of the molecule is Cc1nnc2c(NC(C)CC(C)Cl)nccn12. The summed E-state index contributed by atoms with van der Waals surface area (Å²) in [7, 11) is 0. The van der Waals surface area contributed by atoms with Crippen LogP contribution in [0, 0.1) is 6.92 Å². The third kappa shape index (κ3) is 2.66. The number of rotatable bonds is 4. The fourth-order valence-electron chi connectivity index (χ4n) is 1.82. The first-order valence-electron chi connectivity index (χ1n) is 5.65. The van der Waals surface area contributed by atoms with E-state index in [0.717, 1.165) is 23.7 Å². The molecule has 1 N–H and O–H groups in total. The first-order valence-corrected chi connectivity index (χ1v) is 6.08. The fourth-order valence-corrected chi connectivity index (χ4v) is 2.09.